The molecule has 0 radical (unpaired) electrons. The van der Waals surface area contributed by atoms with Crippen LogP contribution in [0.15, 0.2) is 47.8 Å². The Kier molecular flexibility index (Phi) is 4.56. The van der Waals surface area contributed by atoms with E-state index < -0.39 is 6.10 Å². The van der Waals surface area contributed by atoms with Crippen molar-refractivity contribution in [2.24, 2.45) is 5.92 Å². The SMILES string of the molecule is CCC(C)C(c1ccccc1)C(O)c1cccs1. The summed E-state index contributed by atoms with van der Waals surface area (Å²) in [5.74, 6) is 0.638. The van der Waals surface area contributed by atoms with Crippen LogP contribution in [0.2, 0.25) is 0 Å². The minimum Gasteiger partial charge on any atom is -0.387 e. The molecule has 0 aliphatic heterocycles. The predicted octanol–water partition coefficient (Wildman–Crippen LogP) is 4.61. The van der Waals surface area contributed by atoms with Gasteiger partial charge in [-0.3, -0.25) is 0 Å². The van der Waals surface area contributed by atoms with Gasteiger partial charge in [0.2, 0.25) is 0 Å². The van der Waals surface area contributed by atoms with Crippen LogP contribution in [0.3, 0.4) is 0 Å². The Morgan fingerprint density at radius 1 is 1.11 bits per heavy atom. The molecule has 2 rings (SSSR count). The summed E-state index contributed by atoms with van der Waals surface area (Å²) >= 11 is 1.63. The number of benzene rings is 1. The standard InChI is InChI=1S/C16H20OS/c1-3-12(2)15(13-8-5-4-6-9-13)16(17)14-10-7-11-18-14/h4-12,15-17H,3H2,1-2H3. The fourth-order valence-electron chi connectivity index (χ4n) is 2.39. The van der Waals surface area contributed by atoms with Crippen LogP contribution in [0.25, 0.3) is 0 Å². The van der Waals surface area contributed by atoms with Crippen LogP contribution in [0.4, 0.5) is 0 Å². The summed E-state index contributed by atoms with van der Waals surface area (Å²) in [6, 6.07) is 14.4. The first-order valence-corrected chi connectivity index (χ1v) is 7.38. The van der Waals surface area contributed by atoms with E-state index in [9.17, 15) is 5.11 Å². The van der Waals surface area contributed by atoms with Crippen LogP contribution in [0.5, 0.6) is 0 Å². The molecule has 2 heteroatoms. The molecule has 0 amide bonds. The summed E-state index contributed by atoms with van der Waals surface area (Å²) in [6.45, 7) is 4.40. The summed E-state index contributed by atoms with van der Waals surface area (Å²) in [7, 11) is 0. The Balaban J connectivity index is 2.31. The van der Waals surface area contributed by atoms with Crippen molar-refractivity contribution in [2.75, 3.05) is 0 Å². The third-order valence-corrected chi connectivity index (χ3v) is 4.56. The van der Waals surface area contributed by atoms with Crippen molar-refractivity contribution in [1.82, 2.24) is 0 Å². The van der Waals surface area contributed by atoms with E-state index in [4.69, 9.17) is 0 Å². The van der Waals surface area contributed by atoms with Gasteiger partial charge in [-0.25, -0.2) is 0 Å². The highest BCUT2D eigenvalue weighted by atomic mass is 32.1. The quantitative estimate of drug-likeness (QED) is 0.832. The second kappa shape index (κ2) is 6.17. The lowest BCUT2D eigenvalue weighted by atomic mass is 9.81. The van der Waals surface area contributed by atoms with Gasteiger partial charge in [-0.15, -0.1) is 11.3 Å². The van der Waals surface area contributed by atoms with Gasteiger partial charge in [-0.2, -0.15) is 0 Å². The highest BCUT2D eigenvalue weighted by Gasteiger charge is 2.27. The molecule has 0 bridgehead atoms. The Hall–Kier alpha value is -1.12. The predicted molar refractivity (Wildman–Crippen MR) is 77.9 cm³/mol. The van der Waals surface area contributed by atoms with Crippen molar-refractivity contribution in [3.05, 3.63) is 58.3 Å². The van der Waals surface area contributed by atoms with E-state index in [1.807, 2.05) is 35.7 Å². The Bertz CT molecular complexity index is 449. The van der Waals surface area contributed by atoms with E-state index in [0.29, 0.717) is 5.92 Å². The summed E-state index contributed by atoms with van der Waals surface area (Å²) < 4.78 is 0. The molecule has 1 aromatic heterocycles. The molecule has 3 unspecified atom stereocenters. The zero-order chi connectivity index (χ0) is 13.0. The number of aliphatic hydroxyl groups is 1. The van der Waals surface area contributed by atoms with Gasteiger partial charge in [0.25, 0.3) is 0 Å². The van der Waals surface area contributed by atoms with Gasteiger partial charge in [0.05, 0.1) is 6.10 Å². The molecule has 18 heavy (non-hydrogen) atoms. The first-order chi connectivity index (χ1) is 8.74. The first-order valence-electron chi connectivity index (χ1n) is 6.50. The van der Waals surface area contributed by atoms with E-state index in [-0.39, 0.29) is 5.92 Å². The van der Waals surface area contributed by atoms with Crippen molar-refractivity contribution < 1.29 is 5.11 Å². The minimum atomic E-state index is -0.401. The van der Waals surface area contributed by atoms with E-state index in [1.165, 1.54) is 5.56 Å². The third-order valence-electron chi connectivity index (χ3n) is 3.62. The molecule has 0 spiro atoms. The normalized spacial score (nSPS) is 16.2. The van der Waals surface area contributed by atoms with Gasteiger partial charge in [-0.1, -0.05) is 56.7 Å². The molecule has 0 fully saturated rings. The molecule has 1 N–H and O–H groups in total. The summed E-state index contributed by atoms with van der Waals surface area (Å²) in [5.41, 5.74) is 1.23. The van der Waals surface area contributed by atoms with Crippen molar-refractivity contribution in [3.63, 3.8) is 0 Å². The Labute approximate surface area is 113 Å². The van der Waals surface area contributed by atoms with Crippen LogP contribution in [-0.4, -0.2) is 5.11 Å². The number of hydrogen-bond acceptors (Lipinski definition) is 2. The highest BCUT2D eigenvalue weighted by Crippen LogP contribution is 2.39. The molecular formula is C16H20OS. The minimum absolute atomic E-state index is 0.176. The average molecular weight is 260 g/mol. The van der Waals surface area contributed by atoms with Gasteiger partial charge >= 0.3 is 0 Å². The molecule has 1 heterocycles. The molecule has 0 saturated carbocycles. The zero-order valence-corrected chi connectivity index (χ0v) is 11.7. The number of aliphatic hydroxyl groups excluding tert-OH is 1. The lowest BCUT2D eigenvalue weighted by molar-refractivity contribution is 0.121. The highest BCUT2D eigenvalue weighted by molar-refractivity contribution is 7.10. The van der Waals surface area contributed by atoms with Crippen LogP contribution >= 0.6 is 11.3 Å². The van der Waals surface area contributed by atoms with Crippen LogP contribution in [-0.2, 0) is 0 Å². The maximum absolute atomic E-state index is 10.6. The number of rotatable bonds is 5. The van der Waals surface area contributed by atoms with Gasteiger partial charge in [0, 0.05) is 10.8 Å². The molecular weight excluding hydrogens is 240 g/mol. The lowest BCUT2D eigenvalue weighted by Gasteiger charge is -2.28. The topological polar surface area (TPSA) is 20.2 Å². The van der Waals surface area contributed by atoms with Crippen molar-refractivity contribution in [3.8, 4) is 0 Å². The monoisotopic (exact) mass is 260 g/mol. The largest absolute Gasteiger partial charge is 0.387 e. The fraction of sp³-hybridized carbons (Fsp3) is 0.375. The second-order valence-electron chi connectivity index (χ2n) is 4.78. The van der Waals surface area contributed by atoms with Crippen molar-refractivity contribution >= 4 is 11.3 Å². The zero-order valence-electron chi connectivity index (χ0n) is 10.9. The Morgan fingerprint density at radius 2 is 1.83 bits per heavy atom. The number of hydrogen-bond donors (Lipinski definition) is 1. The molecule has 1 aromatic carbocycles. The van der Waals surface area contributed by atoms with E-state index in [2.05, 4.69) is 26.0 Å². The molecule has 0 aliphatic rings. The maximum atomic E-state index is 10.6. The van der Waals surface area contributed by atoms with Crippen molar-refractivity contribution in [2.45, 2.75) is 32.3 Å². The average Bonchev–Trinajstić information content (AvgIpc) is 2.94. The fourth-order valence-corrected chi connectivity index (χ4v) is 3.15. The van der Waals surface area contributed by atoms with Crippen LogP contribution in [0, 0.1) is 5.92 Å². The molecule has 0 saturated heterocycles. The lowest BCUT2D eigenvalue weighted by Crippen LogP contribution is -2.17. The van der Waals surface area contributed by atoms with Crippen LogP contribution in [0.1, 0.15) is 42.7 Å². The molecule has 1 nitrogen and oxygen atoms in total. The van der Waals surface area contributed by atoms with E-state index >= 15 is 0 Å². The molecule has 96 valence electrons. The summed E-state index contributed by atoms with van der Waals surface area (Å²) in [4.78, 5) is 1.06. The summed E-state index contributed by atoms with van der Waals surface area (Å²) in [5, 5.41) is 12.7. The van der Waals surface area contributed by atoms with Gasteiger partial charge < -0.3 is 5.11 Å². The van der Waals surface area contributed by atoms with Gasteiger partial charge in [0.1, 0.15) is 0 Å². The summed E-state index contributed by atoms with van der Waals surface area (Å²) in [6.07, 6.45) is 0.671. The molecule has 2 aromatic rings. The smallest absolute Gasteiger partial charge is 0.0952 e. The third kappa shape index (κ3) is 2.82. The molecule has 0 aliphatic carbocycles. The second-order valence-corrected chi connectivity index (χ2v) is 5.76. The Morgan fingerprint density at radius 3 is 2.39 bits per heavy atom. The van der Waals surface area contributed by atoms with E-state index in [0.717, 1.165) is 11.3 Å². The maximum Gasteiger partial charge on any atom is 0.0952 e. The first kappa shape index (κ1) is 13.3. The number of thiophene rings is 1. The van der Waals surface area contributed by atoms with Gasteiger partial charge in [0.15, 0.2) is 0 Å². The van der Waals surface area contributed by atoms with Crippen molar-refractivity contribution in [1.29, 1.82) is 0 Å². The van der Waals surface area contributed by atoms with Gasteiger partial charge in [-0.05, 0) is 22.9 Å². The van der Waals surface area contributed by atoms with E-state index in [1.54, 1.807) is 11.3 Å². The molecule has 3 atom stereocenters. The van der Waals surface area contributed by atoms with Crippen LogP contribution < -0.4 is 0 Å².